The number of rotatable bonds is 4. The van der Waals surface area contributed by atoms with Gasteiger partial charge in [-0.3, -0.25) is 0 Å². The van der Waals surface area contributed by atoms with Gasteiger partial charge in [0.2, 0.25) is 0 Å². The van der Waals surface area contributed by atoms with Gasteiger partial charge in [0.05, 0.1) is 0 Å². The minimum atomic E-state index is -0.251. The molecule has 0 atom stereocenters. The molecule has 5 heteroatoms. The van der Waals surface area contributed by atoms with Gasteiger partial charge < -0.3 is 5.32 Å². The molecule has 1 aromatic carbocycles. The van der Waals surface area contributed by atoms with Crippen LogP contribution in [-0.4, -0.2) is 9.97 Å². The molecule has 0 bridgehead atoms. The van der Waals surface area contributed by atoms with Crippen molar-refractivity contribution >= 4 is 23.1 Å². The predicted octanol–water partition coefficient (Wildman–Crippen LogP) is 4.27. The number of halogens is 2. The van der Waals surface area contributed by atoms with Crippen molar-refractivity contribution in [1.82, 2.24) is 9.97 Å². The van der Waals surface area contributed by atoms with E-state index in [1.54, 1.807) is 25.1 Å². The van der Waals surface area contributed by atoms with E-state index in [0.29, 0.717) is 28.0 Å². The maximum atomic E-state index is 13.5. The first-order chi connectivity index (χ1) is 9.10. The minimum absolute atomic E-state index is 0.251. The Hall–Kier alpha value is -1.68. The van der Waals surface area contributed by atoms with Crippen LogP contribution in [0.5, 0.6) is 0 Å². The zero-order valence-electron chi connectivity index (χ0n) is 10.9. The molecule has 0 amide bonds. The molecule has 0 aliphatic carbocycles. The number of hydrogen-bond donors (Lipinski definition) is 1. The quantitative estimate of drug-likeness (QED) is 0.849. The lowest BCUT2D eigenvalue weighted by molar-refractivity contribution is 0.619. The second-order valence-corrected chi connectivity index (χ2v) is 4.67. The van der Waals surface area contributed by atoms with Crippen LogP contribution in [-0.2, 0) is 6.42 Å². The molecule has 1 N–H and O–H groups in total. The van der Waals surface area contributed by atoms with E-state index in [0.717, 1.165) is 12.8 Å². The molecule has 2 aromatic rings. The largest absolute Gasteiger partial charge is 0.340 e. The van der Waals surface area contributed by atoms with Crippen molar-refractivity contribution in [2.45, 2.75) is 26.7 Å². The van der Waals surface area contributed by atoms with Crippen molar-refractivity contribution in [2.75, 3.05) is 5.32 Å². The highest BCUT2D eigenvalue weighted by Crippen LogP contribution is 2.22. The van der Waals surface area contributed by atoms with Gasteiger partial charge in [-0.05, 0) is 25.5 Å². The third-order valence-corrected chi connectivity index (χ3v) is 2.94. The summed E-state index contributed by atoms with van der Waals surface area (Å²) in [6.07, 6.45) is 1.70. The Balaban J connectivity index is 2.30. The van der Waals surface area contributed by atoms with Gasteiger partial charge in [-0.2, -0.15) is 0 Å². The van der Waals surface area contributed by atoms with Crippen LogP contribution >= 0.6 is 11.6 Å². The van der Waals surface area contributed by atoms with Crippen molar-refractivity contribution in [3.8, 4) is 0 Å². The van der Waals surface area contributed by atoms with Gasteiger partial charge in [-0.15, -0.1) is 0 Å². The maximum absolute atomic E-state index is 13.5. The fourth-order valence-electron chi connectivity index (χ4n) is 1.75. The Morgan fingerprint density at radius 2 is 2.11 bits per heavy atom. The molecule has 100 valence electrons. The Labute approximate surface area is 116 Å². The highest BCUT2D eigenvalue weighted by Gasteiger charge is 2.07. The van der Waals surface area contributed by atoms with Gasteiger partial charge in [-0.1, -0.05) is 24.6 Å². The molecule has 0 aliphatic rings. The topological polar surface area (TPSA) is 37.8 Å². The summed E-state index contributed by atoms with van der Waals surface area (Å²) in [5, 5.41) is 3.46. The average molecular weight is 280 g/mol. The molecule has 0 spiro atoms. The zero-order chi connectivity index (χ0) is 13.8. The third kappa shape index (κ3) is 3.41. The van der Waals surface area contributed by atoms with Crippen LogP contribution in [0.25, 0.3) is 0 Å². The summed E-state index contributed by atoms with van der Waals surface area (Å²) in [5.74, 6) is 1.02. The molecule has 0 saturated carbocycles. The van der Waals surface area contributed by atoms with Crippen LogP contribution < -0.4 is 5.32 Å². The Morgan fingerprint density at radius 3 is 2.84 bits per heavy atom. The molecule has 2 rings (SSSR count). The standard InChI is InChI=1S/C14H15ClFN3/c1-3-5-13-18-12(15)8-14(19-13)17-11-7-4-6-10(16)9(11)2/h4,6-8H,3,5H2,1-2H3,(H,17,18,19). The Bertz CT molecular complexity index is 587. The Morgan fingerprint density at radius 1 is 1.32 bits per heavy atom. The number of hydrogen-bond acceptors (Lipinski definition) is 3. The van der Waals surface area contributed by atoms with Gasteiger partial charge in [-0.25, -0.2) is 14.4 Å². The molecule has 1 aromatic heterocycles. The number of nitrogens with one attached hydrogen (secondary N) is 1. The number of nitrogens with zero attached hydrogens (tertiary/aromatic N) is 2. The number of benzene rings is 1. The lowest BCUT2D eigenvalue weighted by Crippen LogP contribution is -2.02. The molecule has 0 aliphatic heterocycles. The summed E-state index contributed by atoms with van der Waals surface area (Å²) in [5.41, 5.74) is 1.23. The van der Waals surface area contributed by atoms with Crippen LogP contribution in [0.1, 0.15) is 24.7 Å². The second kappa shape index (κ2) is 5.97. The summed E-state index contributed by atoms with van der Waals surface area (Å²) >= 11 is 5.96. The molecule has 0 fully saturated rings. The van der Waals surface area contributed by atoms with Gasteiger partial charge in [0.1, 0.15) is 22.6 Å². The lowest BCUT2D eigenvalue weighted by Gasteiger charge is -2.10. The third-order valence-electron chi connectivity index (χ3n) is 2.75. The summed E-state index contributed by atoms with van der Waals surface area (Å²) in [6, 6.07) is 6.51. The monoisotopic (exact) mass is 279 g/mol. The van der Waals surface area contributed by atoms with Gasteiger partial charge in [0.25, 0.3) is 0 Å². The van der Waals surface area contributed by atoms with E-state index >= 15 is 0 Å². The summed E-state index contributed by atoms with van der Waals surface area (Å²) in [6.45, 7) is 3.77. The van der Waals surface area contributed by atoms with Gasteiger partial charge in [0.15, 0.2) is 0 Å². The average Bonchev–Trinajstić information content (AvgIpc) is 2.35. The highest BCUT2D eigenvalue weighted by molar-refractivity contribution is 6.29. The lowest BCUT2D eigenvalue weighted by atomic mass is 10.2. The van der Waals surface area contributed by atoms with Crippen molar-refractivity contribution < 1.29 is 4.39 Å². The van der Waals surface area contributed by atoms with Crippen molar-refractivity contribution in [3.05, 3.63) is 46.6 Å². The van der Waals surface area contributed by atoms with Gasteiger partial charge >= 0.3 is 0 Å². The number of aromatic nitrogens is 2. The first kappa shape index (κ1) is 13.7. The number of anilines is 2. The smallest absolute Gasteiger partial charge is 0.135 e. The van der Waals surface area contributed by atoms with Crippen molar-refractivity contribution in [3.63, 3.8) is 0 Å². The molecule has 0 unspecified atom stereocenters. The summed E-state index contributed by atoms with van der Waals surface area (Å²) in [7, 11) is 0. The maximum Gasteiger partial charge on any atom is 0.135 e. The SMILES string of the molecule is CCCc1nc(Cl)cc(Nc2cccc(F)c2C)n1. The van der Waals surface area contributed by atoms with Gasteiger partial charge in [0, 0.05) is 23.7 Å². The molecule has 0 radical (unpaired) electrons. The van der Waals surface area contributed by atoms with Crippen molar-refractivity contribution in [2.24, 2.45) is 0 Å². The fraction of sp³-hybridized carbons (Fsp3) is 0.286. The molecular formula is C14H15ClFN3. The van der Waals surface area contributed by atoms with E-state index < -0.39 is 0 Å². The normalized spacial score (nSPS) is 10.5. The fourth-order valence-corrected chi connectivity index (χ4v) is 1.95. The summed E-state index contributed by atoms with van der Waals surface area (Å²) < 4.78 is 13.5. The first-order valence-electron chi connectivity index (χ1n) is 6.15. The van der Waals surface area contributed by atoms with E-state index in [4.69, 9.17) is 11.6 Å². The van der Waals surface area contributed by atoms with E-state index in [1.807, 2.05) is 6.92 Å². The molecule has 1 heterocycles. The van der Waals surface area contributed by atoms with Crippen LogP contribution in [0.2, 0.25) is 5.15 Å². The van der Waals surface area contributed by atoms with Crippen molar-refractivity contribution in [1.29, 1.82) is 0 Å². The molecular weight excluding hydrogens is 265 g/mol. The zero-order valence-corrected chi connectivity index (χ0v) is 11.6. The van der Waals surface area contributed by atoms with E-state index in [1.165, 1.54) is 6.07 Å². The Kier molecular flexibility index (Phi) is 4.32. The number of aryl methyl sites for hydroxylation is 1. The first-order valence-corrected chi connectivity index (χ1v) is 6.53. The summed E-state index contributed by atoms with van der Waals surface area (Å²) in [4.78, 5) is 8.51. The van der Waals surface area contributed by atoms with E-state index in [9.17, 15) is 4.39 Å². The van der Waals surface area contributed by atoms with E-state index in [-0.39, 0.29) is 5.82 Å². The van der Waals surface area contributed by atoms with Crippen LogP contribution in [0.3, 0.4) is 0 Å². The second-order valence-electron chi connectivity index (χ2n) is 4.28. The predicted molar refractivity (Wildman–Crippen MR) is 75.5 cm³/mol. The molecule has 19 heavy (non-hydrogen) atoms. The van der Waals surface area contributed by atoms with E-state index in [2.05, 4.69) is 15.3 Å². The van der Waals surface area contributed by atoms with Crippen LogP contribution in [0.15, 0.2) is 24.3 Å². The highest BCUT2D eigenvalue weighted by atomic mass is 35.5. The molecule has 3 nitrogen and oxygen atoms in total. The molecule has 0 saturated heterocycles. The minimum Gasteiger partial charge on any atom is -0.340 e. The van der Waals surface area contributed by atoms with Crippen LogP contribution in [0.4, 0.5) is 15.9 Å². The van der Waals surface area contributed by atoms with Crippen LogP contribution in [0, 0.1) is 12.7 Å².